The summed E-state index contributed by atoms with van der Waals surface area (Å²) in [7, 11) is 1.07. The standard InChI is InChI=1S/C29H36F3NO7/c1-17-12-22(23(27(34)36-6)25(24(17)30)39-18(2)26(31)32)38-16-20-13-21(37-15-19-10-8-7-9-11-19)14-33(20)28(35)40-29(3,4)5/h7-12,18,20-21,26H,13-16H2,1-6H3/t18-,20-,21+/m1/s1. The number of carbonyl (C=O) groups excluding carboxylic acids is 2. The van der Waals surface area contributed by atoms with Gasteiger partial charge in [0.2, 0.25) is 0 Å². The van der Waals surface area contributed by atoms with Crippen LogP contribution < -0.4 is 9.47 Å². The molecule has 3 rings (SSSR count). The lowest BCUT2D eigenvalue weighted by Gasteiger charge is -2.28. The number of ether oxygens (including phenoxy) is 5. The molecule has 1 aliphatic heterocycles. The van der Waals surface area contributed by atoms with E-state index in [0.717, 1.165) is 19.6 Å². The molecule has 1 fully saturated rings. The number of aryl methyl sites for hydroxylation is 1. The van der Waals surface area contributed by atoms with E-state index < -0.39 is 53.4 Å². The molecule has 1 saturated heterocycles. The predicted molar refractivity (Wildman–Crippen MR) is 140 cm³/mol. The summed E-state index contributed by atoms with van der Waals surface area (Å²) in [5, 5.41) is 0. The van der Waals surface area contributed by atoms with Gasteiger partial charge in [0.05, 0.1) is 32.4 Å². The first kappa shape index (κ1) is 31.1. The zero-order valence-electron chi connectivity index (χ0n) is 23.5. The molecular formula is C29H36F3NO7. The Balaban J connectivity index is 1.86. The Bertz CT molecular complexity index is 1170. The number of rotatable bonds is 10. The minimum atomic E-state index is -2.93. The Labute approximate surface area is 232 Å². The topological polar surface area (TPSA) is 83.5 Å². The van der Waals surface area contributed by atoms with Gasteiger partial charge in [-0.2, -0.15) is 0 Å². The van der Waals surface area contributed by atoms with Crippen LogP contribution in [0.4, 0.5) is 18.0 Å². The van der Waals surface area contributed by atoms with Gasteiger partial charge in [0.25, 0.3) is 6.43 Å². The fraction of sp³-hybridized carbons (Fsp3) is 0.517. The maximum Gasteiger partial charge on any atom is 0.410 e. The van der Waals surface area contributed by atoms with Crippen LogP contribution in [-0.2, 0) is 20.8 Å². The van der Waals surface area contributed by atoms with Crippen molar-refractivity contribution in [3.05, 3.63) is 58.9 Å². The number of hydrogen-bond acceptors (Lipinski definition) is 7. The highest BCUT2D eigenvalue weighted by Gasteiger charge is 2.39. The maximum absolute atomic E-state index is 15.0. The van der Waals surface area contributed by atoms with Crippen molar-refractivity contribution >= 4 is 12.1 Å². The van der Waals surface area contributed by atoms with Gasteiger partial charge in [-0.25, -0.2) is 22.8 Å². The molecule has 0 radical (unpaired) electrons. The van der Waals surface area contributed by atoms with Crippen molar-refractivity contribution < 1.29 is 46.4 Å². The van der Waals surface area contributed by atoms with E-state index in [9.17, 15) is 22.8 Å². The first-order chi connectivity index (χ1) is 18.8. The van der Waals surface area contributed by atoms with Gasteiger partial charge < -0.3 is 23.7 Å². The van der Waals surface area contributed by atoms with Crippen molar-refractivity contribution in [2.75, 3.05) is 20.3 Å². The van der Waals surface area contributed by atoms with Crippen molar-refractivity contribution in [1.29, 1.82) is 0 Å². The number of benzene rings is 2. The van der Waals surface area contributed by atoms with E-state index in [0.29, 0.717) is 13.0 Å². The Morgan fingerprint density at radius 3 is 2.42 bits per heavy atom. The lowest BCUT2D eigenvalue weighted by atomic mass is 10.1. The number of nitrogens with zero attached hydrogens (tertiary/aromatic N) is 1. The molecule has 0 aliphatic carbocycles. The summed E-state index contributed by atoms with van der Waals surface area (Å²) in [4.78, 5) is 27.2. The van der Waals surface area contributed by atoms with Crippen LogP contribution in [0.25, 0.3) is 0 Å². The van der Waals surface area contributed by atoms with Crippen molar-refractivity contribution in [2.24, 2.45) is 0 Å². The first-order valence-corrected chi connectivity index (χ1v) is 12.9. The van der Waals surface area contributed by atoms with Gasteiger partial charge in [-0.3, -0.25) is 4.90 Å². The molecule has 2 aromatic rings. The maximum atomic E-state index is 15.0. The number of esters is 1. The molecule has 0 N–H and O–H groups in total. The summed E-state index contributed by atoms with van der Waals surface area (Å²) < 4.78 is 68.9. The second kappa shape index (κ2) is 13.3. The Morgan fingerprint density at radius 1 is 1.15 bits per heavy atom. The number of amides is 1. The third-order valence-electron chi connectivity index (χ3n) is 6.18. The molecule has 0 spiro atoms. The molecule has 3 atom stereocenters. The predicted octanol–water partition coefficient (Wildman–Crippen LogP) is 5.93. The van der Waals surface area contributed by atoms with E-state index in [-0.39, 0.29) is 30.6 Å². The number of hydrogen-bond donors (Lipinski definition) is 0. The molecule has 1 aliphatic rings. The van der Waals surface area contributed by atoms with Gasteiger partial charge in [-0.1, -0.05) is 30.3 Å². The van der Waals surface area contributed by atoms with Gasteiger partial charge in [0.1, 0.15) is 23.5 Å². The largest absolute Gasteiger partial charge is 0.490 e. The van der Waals surface area contributed by atoms with Crippen LogP contribution >= 0.6 is 0 Å². The Kier molecular flexibility index (Phi) is 10.3. The van der Waals surface area contributed by atoms with Gasteiger partial charge in [-0.15, -0.1) is 0 Å². The molecule has 0 saturated carbocycles. The summed E-state index contributed by atoms with van der Waals surface area (Å²) in [5.41, 5.74) is -0.220. The highest BCUT2D eigenvalue weighted by Crippen LogP contribution is 2.36. The van der Waals surface area contributed by atoms with Crippen LogP contribution in [0.2, 0.25) is 0 Å². The fourth-order valence-electron chi connectivity index (χ4n) is 4.16. The van der Waals surface area contributed by atoms with Gasteiger partial charge >= 0.3 is 12.1 Å². The number of methoxy groups -OCH3 is 1. The molecule has 220 valence electrons. The average Bonchev–Trinajstić information content (AvgIpc) is 3.31. The van der Waals surface area contributed by atoms with Crippen molar-refractivity contribution in [1.82, 2.24) is 4.90 Å². The normalized spacial score (nSPS) is 18.0. The Morgan fingerprint density at radius 2 is 1.82 bits per heavy atom. The smallest absolute Gasteiger partial charge is 0.410 e. The molecule has 0 unspecified atom stereocenters. The molecular weight excluding hydrogens is 531 g/mol. The number of halogens is 3. The summed E-state index contributed by atoms with van der Waals surface area (Å²) in [6.07, 6.45) is -5.13. The highest BCUT2D eigenvalue weighted by molar-refractivity contribution is 5.96. The highest BCUT2D eigenvalue weighted by atomic mass is 19.3. The zero-order valence-corrected chi connectivity index (χ0v) is 23.5. The quantitative estimate of drug-likeness (QED) is 0.329. The lowest BCUT2D eigenvalue weighted by molar-refractivity contribution is 0.0125. The zero-order chi connectivity index (χ0) is 29.6. The van der Waals surface area contributed by atoms with Crippen LogP contribution in [0.1, 0.15) is 55.6 Å². The van der Waals surface area contributed by atoms with Gasteiger partial charge in [0, 0.05) is 0 Å². The minimum Gasteiger partial charge on any atom is -0.490 e. The second-order valence-corrected chi connectivity index (χ2v) is 10.6. The molecule has 11 heteroatoms. The van der Waals surface area contributed by atoms with Gasteiger partial charge in [-0.05, 0) is 58.2 Å². The summed E-state index contributed by atoms with van der Waals surface area (Å²) in [6.45, 7) is 8.16. The van der Waals surface area contributed by atoms with E-state index in [1.165, 1.54) is 17.9 Å². The Hall–Kier alpha value is -3.47. The van der Waals surface area contributed by atoms with Crippen LogP contribution in [0.3, 0.4) is 0 Å². The third-order valence-corrected chi connectivity index (χ3v) is 6.18. The molecule has 1 amide bonds. The lowest BCUT2D eigenvalue weighted by Crippen LogP contribution is -2.42. The van der Waals surface area contributed by atoms with Crippen LogP contribution in [0, 0.1) is 12.7 Å². The van der Waals surface area contributed by atoms with E-state index in [1.807, 2.05) is 30.3 Å². The first-order valence-electron chi connectivity index (χ1n) is 12.9. The third kappa shape index (κ3) is 8.03. The molecule has 40 heavy (non-hydrogen) atoms. The average molecular weight is 568 g/mol. The van der Waals surface area contributed by atoms with Crippen LogP contribution in [0.5, 0.6) is 11.5 Å². The van der Waals surface area contributed by atoms with Crippen molar-refractivity contribution in [3.63, 3.8) is 0 Å². The number of likely N-dealkylation sites (tertiary alicyclic amines) is 1. The van der Waals surface area contributed by atoms with E-state index in [1.54, 1.807) is 20.8 Å². The monoisotopic (exact) mass is 567 g/mol. The van der Waals surface area contributed by atoms with E-state index in [2.05, 4.69) is 0 Å². The second-order valence-electron chi connectivity index (χ2n) is 10.6. The fourth-order valence-corrected chi connectivity index (χ4v) is 4.16. The van der Waals surface area contributed by atoms with Crippen molar-refractivity contribution in [2.45, 2.75) is 77.9 Å². The summed E-state index contributed by atoms with van der Waals surface area (Å²) in [6, 6.07) is 10.3. The number of alkyl halides is 2. The molecule has 0 aromatic heterocycles. The van der Waals surface area contributed by atoms with Crippen LogP contribution in [0.15, 0.2) is 36.4 Å². The molecule has 1 heterocycles. The van der Waals surface area contributed by atoms with E-state index in [4.69, 9.17) is 23.7 Å². The van der Waals surface area contributed by atoms with Crippen LogP contribution in [-0.4, -0.2) is 67.5 Å². The summed E-state index contributed by atoms with van der Waals surface area (Å²) >= 11 is 0. The van der Waals surface area contributed by atoms with Gasteiger partial charge in [0.15, 0.2) is 17.7 Å². The molecule has 2 aromatic carbocycles. The van der Waals surface area contributed by atoms with E-state index >= 15 is 0 Å². The number of carbonyl (C=O) groups is 2. The summed E-state index contributed by atoms with van der Waals surface area (Å²) in [5.74, 6) is -2.81. The van der Waals surface area contributed by atoms with Crippen molar-refractivity contribution in [3.8, 4) is 11.5 Å². The molecule has 0 bridgehead atoms. The minimum absolute atomic E-state index is 0.0126. The SMILES string of the molecule is COC(=O)c1c(OC[C@H]2C[C@H](OCc3ccccc3)CN2C(=O)OC(C)(C)C)cc(C)c(F)c1O[C@H](C)C(F)F. The molecule has 8 nitrogen and oxygen atoms in total.